The van der Waals surface area contributed by atoms with Gasteiger partial charge in [0.2, 0.25) is 0 Å². The van der Waals surface area contributed by atoms with Crippen molar-refractivity contribution in [2.24, 2.45) is 5.73 Å². The molecule has 1 saturated heterocycles. The third kappa shape index (κ3) is 2.61. The van der Waals surface area contributed by atoms with Crippen LogP contribution in [0, 0.1) is 5.82 Å². The number of hydrogen-bond acceptors (Lipinski definition) is 2. The lowest BCUT2D eigenvalue weighted by Crippen LogP contribution is -2.39. The van der Waals surface area contributed by atoms with Crippen LogP contribution in [0.1, 0.15) is 12.8 Å². The lowest BCUT2D eigenvalue weighted by Gasteiger charge is -2.32. The van der Waals surface area contributed by atoms with Gasteiger partial charge in [-0.15, -0.1) is 0 Å². The van der Waals surface area contributed by atoms with Gasteiger partial charge in [-0.3, -0.25) is 0 Å². The standard InChI is InChI=1S/C11H14ClFN2/c12-8-5-9(13)7-11(6-8)15-3-1-10(14)2-4-15/h5-7,10H,1-4,14H2. The Hall–Kier alpha value is -0.800. The van der Waals surface area contributed by atoms with Crippen molar-refractivity contribution in [2.75, 3.05) is 18.0 Å². The van der Waals surface area contributed by atoms with Gasteiger partial charge in [0.05, 0.1) is 0 Å². The number of benzene rings is 1. The molecule has 82 valence electrons. The van der Waals surface area contributed by atoms with Crippen molar-refractivity contribution in [3.05, 3.63) is 29.0 Å². The minimum atomic E-state index is -0.285. The first-order valence-corrected chi connectivity index (χ1v) is 5.49. The Kier molecular flexibility index (Phi) is 3.12. The molecule has 4 heteroatoms. The van der Waals surface area contributed by atoms with Crippen LogP contribution in [0.25, 0.3) is 0 Å². The highest BCUT2D eigenvalue weighted by molar-refractivity contribution is 6.30. The molecule has 2 nitrogen and oxygen atoms in total. The lowest BCUT2D eigenvalue weighted by atomic mass is 10.1. The van der Waals surface area contributed by atoms with Crippen LogP contribution >= 0.6 is 11.6 Å². The zero-order valence-corrected chi connectivity index (χ0v) is 9.17. The molecule has 0 amide bonds. The molecular weight excluding hydrogens is 215 g/mol. The van der Waals surface area contributed by atoms with E-state index >= 15 is 0 Å². The van der Waals surface area contributed by atoms with Gasteiger partial charge in [0, 0.05) is 29.8 Å². The zero-order valence-electron chi connectivity index (χ0n) is 8.42. The number of anilines is 1. The monoisotopic (exact) mass is 228 g/mol. The maximum atomic E-state index is 13.1. The molecule has 1 aromatic rings. The first kappa shape index (κ1) is 10.7. The summed E-state index contributed by atoms with van der Waals surface area (Å²) >= 11 is 5.81. The maximum Gasteiger partial charge on any atom is 0.126 e. The maximum absolute atomic E-state index is 13.1. The van der Waals surface area contributed by atoms with E-state index in [0.717, 1.165) is 31.6 Å². The average molecular weight is 229 g/mol. The van der Waals surface area contributed by atoms with E-state index in [-0.39, 0.29) is 11.9 Å². The summed E-state index contributed by atoms with van der Waals surface area (Å²) in [4.78, 5) is 2.12. The molecule has 0 spiro atoms. The van der Waals surface area contributed by atoms with E-state index in [9.17, 15) is 4.39 Å². The third-order valence-electron chi connectivity index (χ3n) is 2.75. The van der Waals surface area contributed by atoms with Gasteiger partial charge in [0.25, 0.3) is 0 Å². The predicted molar refractivity (Wildman–Crippen MR) is 60.8 cm³/mol. The highest BCUT2D eigenvalue weighted by Crippen LogP contribution is 2.24. The summed E-state index contributed by atoms with van der Waals surface area (Å²) in [5.41, 5.74) is 6.66. The van der Waals surface area contributed by atoms with Crippen LogP contribution in [0.5, 0.6) is 0 Å². The molecule has 2 N–H and O–H groups in total. The molecular formula is C11H14ClFN2. The number of halogens is 2. The van der Waals surface area contributed by atoms with Crippen molar-refractivity contribution in [3.8, 4) is 0 Å². The van der Waals surface area contributed by atoms with Crippen LogP contribution in [0.3, 0.4) is 0 Å². The van der Waals surface area contributed by atoms with E-state index in [1.165, 1.54) is 12.1 Å². The summed E-state index contributed by atoms with van der Waals surface area (Å²) in [6.45, 7) is 1.75. The smallest absolute Gasteiger partial charge is 0.126 e. The summed E-state index contributed by atoms with van der Waals surface area (Å²) in [6.07, 6.45) is 1.91. The van der Waals surface area contributed by atoms with Crippen LogP contribution in [-0.4, -0.2) is 19.1 Å². The van der Waals surface area contributed by atoms with Gasteiger partial charge < -0.3 is 10.6 Å². The second-order valence-corrected chi connectivity index (χ2v) is 4.39. The van der Waals surface area contributed by atoms with E-state index in [1.807, 2.05) is 0 Å². The molecule has 0 saturated carbocycles. The number of nitrogens with two attached hydrogens (primary N) is 1. The topological polar surface area (TPSA) is 29.3 Å². The fourth-order valence-corrected chi connectivity index (χ4v) is 2.10. The molecule has 1 heterocycles. The molecule has 0 aliphatic carbocycles. The Morgan fingerprint density at radius 2 is 1.93 bits per heavy atom. The lowest BCUT2D eigenvalue weighted by molar-refractivity contribution is 0.500. The highest BCUT2D eigenvalue weighted by Gasteiger charge is 2.16. The molecule has 1 aliphatic rings. The van der Waals surface area contributed by atoms with Gasteiger partial charge in [0.15, 0.2) is 0 Å². The predicted octanol–water partition coefficient (Wildman–Crippen LogP) is 2.41. The molecule has 0 bridgehead atoms. The molecule has 0 radical (unpaired) electrons. The molecule has 2 rings (SSSR count). The molecule has 0 unspecified atom stereocenters. The molecule has 0 atom stereocenters. The van der Waals surface area contributed by atoms with E-state index in [2.05, 4.69) is 4.90 Å². The van der Waals surface area contributed by atoms with Gasteiger partial charge in [-0.2, -0.15) is 0 Å². The number of nitrogens with zero attached hydrogens (tertiary/aromatic N) is 1. The second-order valence-electron chi connectivity index (χ2n) is 3.95. The van der Waals surface area contributed by atoms with Crippen molar-refractivity contribution < 1.29 is 4.39 Å². The Bertz CT molecular complexity index is 328. The quantitative estimate of drug-likeness (QED) is 0.800. The van der Waals surface area contributed by atoms with Crippen molar-refractivity contribution in [1.29, 1.82) is 0 Å². The van der Waals surface area contributed by atoms with Crippen molar-refractivity contribution in [1.82, 2.24) is 0 Å². The zero-order chi connectivity index (χ0) is 10.8. The molecule has 1 fully saturated rings. The summed E-state index contributed by atoms with van der Waals surface area (Å²) in [6, 6.07) is 4.91. The van der Waals surface area contributed by atoms with Crippen molar-refractivity contribution in [3.63, 3.8) is 0 Å². The van der Waals surface area contributed by atoms with E-state index in [1.54, 1.807) is 6.07 Å². The third-order valence-corrected chi connectivity index (χ3v) is 2.97. The van der Waals surface area contributed by atoms with Gasteiger partial charge in [-0.25, -0.2) is 4.39 Å². The molecule has 0 aromatic heterocycles. The van der Waals surface area contributed by atoms with Crippen molar-refractivity contribution in [2.45, 2.75) is 18.9 Å². The van der Waals surface area contributed by atoms with Crippen LogP contribution in [-0.2, 0) is 0 Å². The fraction of sp³-hybridized carbons (Fsp3) is 0.455. The largest absolute Gasteiger partial charge is 0.371 e. The van der Waals surface area contributed by atoms with Crippen molar-refractivity contribution >= 4 is 17.3 Å². The van der Waals surface area contributed by atoms with Gasteiger partial charge >= 0.3 is 0 Å². The minimum absolute atomic E-state index is 0.283. The number of piperidine rings is 1. The van der Waals surface area contributed by atoms with Crippen LogP contribution < -0.4 is 10.6 Å². The van der Waals surface area contributed by atoms with Crippen LogP contribution in [0.15, 0.2) is 18.2 Å². The summed E-state index contributed by atoms with van der Waals surface area (Å²) in [5, 5.41) is 0.444. The average Bonchev–Trinajstić information content (AvgIpc) is 2.17. The van der Waals surface area contributed by atoms with Gasteiger partial charge in [0.1, 0.15) is 5.82 Å². The fourth-order valence-electron chi connectivity index (χ4n) is 1.88. The van der Waals surface area contributed by atoms with E-state index in [0.29, 0.717) is 5.02 Å². The molecule has 15 heavy (non-hydrogen) atoms. The van der Waals surface area contributed by atoms with E-state index < -0.39 is 0 Å². The summed E-state index contributed by atoms with van der Waals surface area (Å²) in [5.74, 6) is -0.285. The van der Waals surface area contributed by atoms with Crippen LogP contribution in [0.4, 0.5) is 10.1 Å². The highest BCUT2D eigenvalue weighted by atomic mass is 35.5. The Morgan fingerprint density at radius 1 is 1.27 bits per heavy atom. The van der Waals surface area contributed by atoms with Gasteiger partial charge in [-0.05, 0) is 31.0 Å². The Morgan fingerprint density at radius 3 is 2.53 bits per heavy atom. The molecule has 1 aromatic carbocycles. The Labute approximate surface area is 93.8 Å². The Balaban J connectivity index is 2.15. The SMILES string of the molecule is NC1CCN(c2cc(F)cc(Cl)c2)CC1. The normalized spacial score (nSPS) is 18.2. The first-order chi connectivity index (χ1) is 7.15. The number of rotatable bonds is 1. The van der Waals surface area contributed by atoms with Crippen LogP contribution in [0.2, 0.25) is 5.02 Å². The van der Waals surface area contributed by atoms with E-state index in [4.69, 9.17) is 17.3 Å². The number of hydrogen-bond donors (Lipinski definition) is 1. The minimum Gasteiger partial charge on any atom is -0.371 e. The first-order valence-electron chi connectivity index (χ1n) is 5.12. The van der Waals surface area contributed by atoms with Gasteiger partial charge in [-0.1, -0.05) is 11.6 Å². The summed E-state index contributed by atoms with van der Waals surface area (Å²) < 4.78 is 13.1. The molecule has 1 aliphatic heterocycles. The second kappa shape index (κ2) is 4.37. The summed E-state index contributed by atoms with van der Waals surface area (Å²) in [7, 11) is 0.